The molecule has 0 amide bonds. The first-order chi connectivity index (χ1) is 15.7. The number of carbonyl (C=O) groups excluding carboxylic acids is 1. The Balaban J connectivity index is 1.51. The maximum Gasteiger partial charge on any atom is 0.209 e. The molecule has 1 aromatic heterocycles. The highest BCUT2D eigenvalue weighted by Gasteiger charge is 2.41. The van der Waals surface area contributed by atoms with Crippen LogP contribution in [0.3, 0.4) is 0 Å². The molecule has 5 rings (SSSR count). The fourth-order valence-electron chi connectivity index (χ4n) is 5.27. The van der Waals surface area contributed by atoms with Gasteiger partial charge in [0.25, 0.3) is 0 Å². The van der Waals surface area contributed by atoms with E-state index in [-0.39, 0.29) is 5.78 Å². The highest BCUT2D eigenvalue weighted by molar-refractivity contribution is 7.88. The van der Waals surface area contributed by atoms with Gasteiger partial charge in [-0.1, -0.05) is 24.3 Å². The summed E-state index contributed by atoms with van der Waals surface area (Å²) in [5.74, 6) is 0.724. The number of ether oxygens (including phenoxy) is 1. The molecule has 1 fully saturated rings. The second-order valence-corrected chi connectivity index (χ2v) is 11.1. The number of para-hydroxylation sites is 1. The largest absolute Gasteiger partial charge is 0.486 e. The lowest BCUT2D eigenvalue weighted by Crippen LogP contribution is -2.49. The van der Waals surface area contributed by atoms with Crippen molar-refractivity contribution in [1.82, 2.24) is 15.0 Å². The Bertz CT molecular complexity index is 1320. The fraction of sp³-hybridized carbons (Fsp3) is 0.400. The topological polar surface area (TPSA) is 100 Å². The van der Waals surface area contributed by atoms with E-state index in [0.29, 0.717) is 24.2 Å². The third-order valence-corrected chi connectivity index (χ3v) is 7.47. The number of aromatic nitrogens is 1. The zero-order valence-corrected chi connectivity index (χ0v) is 19.7. The minimum atomic E-state index is -3.46. The zero-order chi connectivity index (χ0) is 23.2. The van der Waals surface area contributed by atoms with Crippen LogP contribution in [0, 0.1) is 6.92 Å². The number of aryl methyl sites for hydroxylation is 1. The highest BCUT2D eigenvalue weighted by Crippen LogP contribution is 2.39. The monoisotopic (exact) mass is 467 g/mol. The predicted molar refractivity (Wildman–Crippen MR) is 128 cm³/mol. The van der Waals surface area contributed by atoms with Gasteiger partial charge in [0.05, 0.1) is 24.3 Å². The first kappa shape index (κ1) is 22.1. The molecule has 1 saturated heterocycles. The average molecular weight is 468 g/mol. The van der Waals surface area contributed by atoms with E-state index in [2.05, 4.69) is 15.0 Å². The number of hydrogen-bond donors (Lipinski definition) is 3. The molecule has 0 radical (unpaired) electrons. The number of Topliss-reactive ketones (excluding diaryl/α,β-unsaturated/α-hetero) is 1. The summed E-state index contributed by atoms with van der Waals surface area (Å²) in [6.45, 7) is 3.63. The number of rotatable bonds is 5. The van der Waals surface area contributed by atoms with E-state index in [4.69, 9.17) is 4.74 Å². The Morgan fingerprint density at radius 2 is 1.91 bits per heavy atom. The molecule has 2 aliphatic rings. The van der Waals surface area contributed by atoms with Gasteiger partial charge in [0.2, 0.25) is 10.0 Å². The summed E-state index contributed by atoms with van der Waals surface area (Å²) in [5, 5.41) is 4.32. The molecule has 0 aliphatic carbocycles. The summed E-state index contributed by atoms with van der Waals surface area (Å²) in [7, 11) is -3.46. The molecule has 7 nitrogen and oxygen atoms in total. The van der Waals surface area contributed by atoms with Gasteiger partial charge in [-0.25, -0.2) is 13.1 Å². The SMILES string of the molecule is Cc1[nH]c2ccccc2c1C(Cc1ccc2c(c1)OC1(CCNCC1)CC2=O)NS(C)(=O)=O. The Morgan fingerprint density at radius 1 is 1.15 bits per heavy atom. The van der Waals surface area contributed by atoms with Crippen LogP contribution in [-0.4, -0.2) is 44.1 Å². The molecule has 0 saturated carbocycles. The van der Waals surface area contributed by atoms with Gasteiger partial charge < -0.3 is 15.0 Å². The van der Waals surface area contributed by atoms with Gasteiger partial charge in [0.1, 0.15) is 11.4 Å². The number of piperidine rings is 1. The fourth-order valence-corrected chi connectivity index (χ4v) is 5.99. The number of carbonyl (C=O) groups is 1. The van der Waals surface area contributed by atoms with Crippen molar-refractivity contribution >= 4 is 26.7 Å². The Hall–Kier alpha value is -2.68. The van der Waals surface area contributed by atoms with Crippen LogP contribution in [0.2, 0.25) is 0 Å². The van der Waals surface area contributed by atoms with Gasteiger partial charge in [-0.2, -0.15) is 0 Å². The third kappa shape index (κ3) is 4.43. The van der Waals surface area contributed by atoms with Gasteiger partial charge in [-0.3, -0.25) is 4.79 Å². The second kappa shape index (κ2) is 8.27. The predicted octanol–water partition coefficient (Wildman–Crippen LogP) is 3.40. The summed E-state index contributed by atoms with van der Waals surface area (Å²) >= 11 is 0. The van der Waals surface area contributed by atoms with Crippen molar-refractivity contribution in [2.24, 2.45) is 0 Å². The maximum atomic E-state index is 12.9. The van der Waals surface area contributed by atoms with Gasteiger partial charge in [0.15, 0.2) is 5.78 Å². The number of hydrogen-bond acceptors (Lipinski definition) is 5. The molecule has 0 bridgehead atoms. The summed E-state index contributed by atoms with van der Waals surface area (Å²) in [6, 6.07) is 13.1. The minimum absolute atomic E-state index is 0.114. The van der Waals surface area contributed by atoms with Crippen LogP contribution in [0.25, 0.3) is 10.9 Å². The summed E-state index contributed by atoms with van der Waals surface area (Å²) < 4.78 is 33.8. The number of fused-ring (bicyclic) bond motifs is 2. The summed E-state index contributed by atoms with van der Waals surface area (Å²) in [4.78, 5) is 16.2. The molecule has 2 aliphatic heterocycles. The normalized spacial score (nSPS) is 18.8. The lowest BCUT2D eigenvalue weighted by Gasteiger charge is -2.41. The van der Waals surface area contributed by atoms with Crippen LogP contribution in [0.4, 0.5) is 0 Å². The number of nitrogens with one attached hydrogen (secondary N) is 3. The molecular formula is C25H29N3O4S. The number of sulfonamides is 1. The van der Waals surface area contributed by atoms with Crippen molar-refractivity contribution in [2.75, 3.05) is 19.3 Å². The molecule has 3 N–H and O–H groups in total. The van der Waals surface area contributed by atoms with Gasteiger partial charge in [0, 0.05) is 29.4 Å². The van der Waals surface area contributed by atoms with Crippen molar-refractivity contribution in [2.45, 2.75) is 44.2 Å². The van der Waals surface area contributed by atoms with Crippen molar-refractivity contribution < 1.29 is 17.9 Å². The van der Waals surface area contributed by atoms with E-state index in [1.165, 1.54) is 6.26 Å². The Labute approximate surface area is 194 Å². The van der Waals surface area contributed by atoms with Crippen molar-refractivity contribution in [3.63, 3.8) is 0 Å². The van der Waals surface area contributed by atoms with Crippen molar-refractivity contribution in [1.29, 1.82) is 0 Å². The van der Waals surface area contributed by atoms with Crippen molar-refractivity contribution in [3.8, 4) is 5.75 Å². The highest BCUT2D eigenvalue weighted by atomic mass is 32.2. The molecule has 1 spiro atoms. The van der Waals surface area contributed by atoms with Crippen LogP contribution >= 0.6 is 0 Å². The quantitative estimate of drug-likeness (QED) is 0.534. The third-order valence-electron chi connectivity index (χ3n) is 6.76. The van der Waals surface area contributed by atoms with Crippen LogP contribution in [-0.2, 0) is 16.4 Å². The molecule has 33 heavy (non-hydrogen) atoms. The minimum Gasteiger partial charge on any atom is -0.486 e. The lowest BCUT2D eigenvalue weighted by molar-refractivity contribution is 0.0187. The standard InChI is InChI=1S/C25H29N3O4S/c1-16-24(18-5-3-4-6-20(18)27-16)21(28-33(2,30)31)13-17-7-8-19-22(29)15-25(32-23(19)14-17)9-11-26-12-10-25/h3-8,14,21,26-28H,9-13,15H2,1-2H3. The zero-order valence-electron chi connectivity index (χ0n) is 18.9. The smallest absolute Gasteiger partial charge is 0.209 e. The average Bonchev–Trinajstić information content (AvgIpc) is 3.08. The molecule has 8 heteroatoms. The molecule has 1 unspecified atom stereocenters. The van der Waals surface area contributed by atoms with Gasteiger partial charge in [-0.05, 0) is 55.8 Å². The van der Waals surface area contributed by atoms with Crippen LogP contribution in [0.1, 0.15) is 52.5 Å². The number of benzene rings is 2. The number of ketones is 1. The number of aromatic amines is 1. The van der Waals surface area contributed by atoms with E-state index >= 15 is 0 Å². The molecule has 3 heterocycles. The first-order valence-corrected chi connectivity index (χ1v) is 13.2. The van der Waals surface area contributed by atoms with Crippen molar-refractivity contribution in [3.05, 3.63) is 64.8 Å². The summed E-state index contributed by atoms with van der Waals surface area (Å²) in [5.41, 5.74) is 3.91. The van der Waals surface area contributed by atoms with Crippen LogP contribution < -0.4 is 14.8 Å². The molecule has 1 atom stereocenters. The maximum absolute atomic E-state index is 12.9. The lowest BCUT2D eigenvalue weighted by atomic mass is 9.82. The Kier molecular flexibility index (Phi) is 5.55. The van der Waals surface area contributed by atoms with E-state index in [9.17, 15) is 13.2 Å². The molecule has 174 valence electrons. The summed E-state index contributed by atoms with van der Waals surface area (Å²) in [6.07, 6.45) is 3.63. The Morgan fingerprint density at radius 3 is 2.67 bits per heavy atom. The number of H-pyrrole nitrogens is 1. The van der Waals surface area contributed by atoms with E-state index in [1.54, 1.807) is 0 Å². The van der Waals surface area contributed by atoms with Crippen LogP contribution in [0.15, 0.2) is 42.5 Å². The van der Waals surface area contributed by atoms with Gasteiger partial charge >= 0.3 is 0 Å². The second-order valence-electron chi connectivity index (χ2n) is 9.32. The molecular weight excluding hydrogens is 438 g/mol. The van der Waals surface area contributed by atoms with E-state index < -0.39 is 21.7 Å². The first-order valence-electron chi connectivity index (χ1n) is 11.3. The van der Waals surface area contributed by atoms with Crippen LogP contribution in [0.5, 0.6) is 5.75 Å². The van der Waals surface area contributed by atoms with Gasteiger partial charge in [-0.15, -0.1) is 0 Å². The van der Waals surface area contributed by atoms with E-state index in [1.807, 2.05) is 49.4 Å². The van der Waals surface area contributed by atoms with E-state index in [0.717, 1.165) is 53.7 Å². The molecule has 2 aromatic carbocycles. The molecule has 3 aromatic rings.